The number of halogens is 1. The molecule has 2 N–H and O–H groups in total. The molecule has 0 bridgehead atoms. The van der Waals surface area contributed by atoms with Crippen molar-refractivity contribution in [3.63, 3.8) is 0 Å². The van der Waals surface area contributed by atoms with E-state index in [1.54, 1.807) is 13.3 Å². The highest BCUT2D eigenvalue weighted by Crippen LogP contribution is 2.15. The molecule has 0 radical (unpaired) electrons. The molecule has 0 spiro atoms. The minimum Gasteiger partial charge on any atom is -0.497 e. The molecule has 3 rings (SSSR count). The van der Waals surface area contributed by atoms with E-state index in [1.165, 1.54) is 0 Å². The van der Waals surface area contributed by atoms with Crippen LogP contribution < -0.4 is 15.5 Å². The highest BCUT2D eigenvalue weighted by Gasteiger charge is 2.01. The molecule has 5 nitrogen and oxygen atoms in total. The smallest absolute Gasteiger partial charge is 0.191 e. The number of aromatic nitrogens is 1. The lowest BCUT2D eigenvalue weighted by Gasteiger charge is -2.08. The van der Waals surface area contributed by atoms with Crippen molar-refractivity contribution in [3.8, 4) is 5.75 Å². The summed E-state index contributed by atoms with van der Waals surface area (Å²) in [6.45, 7) is 0.736. The van der Waals surface area contributed by atoms with Gasteiger partial charge >= 0.3 is 0 Å². The van der Waals surface area contributed by atoms with Crippen molar-refractivity contribution >= 4 is 40.8 Å². The second kappa shape index (κ2) is 9.21. The predicted octanol–water partition coefficient (Wildman–Crippen LogP) is 4.52. The van der Waals surface area contributed by atoms with Crippen LogP contribution in [0, 0.1) is 0 Å². The van der Waals surface area contributed by atoms with Crippen molar-refractivity contribution in [3.05, 3.63) is 83.1 Å². The molecule has 0 saturated carbocycles. The van der Waals surface area contributed by atoms with Crippen molar-refractivity contribution < 1.29 is 4.74 Å². The number of anilines is 1. The summed E-state index contributed by atoms with van der Waals surface area (Å²) in [6.07, 6.45) is 3.74. The summed E-state index contributed by atoms with van der Waals surface area (Å²) in [5, 5.41) is 8.42. The Balaban J connectivity index is 1.55. The molecule has 0 aliphatic heterocycles. The zero-order chi connectivity index (χ0) is 19.1. The van der Waals surface area contributed by atoms with Gasteiger partial charge < -0.3 is 14.6 Å². The van der Waals surface area contributed by atoms with Crippen LogP contribution in [0.5, 0.6) is 5.75 Å². The van der Waals surface area contributed by atoms with Gasteiger partial charge in [-0.25, -0.2) is 0 Å². The lowest BCUT2D eigenvalue weighted by Crippen LogP contribution is -2.24. The van der Waals surface area contributed by atoms with Crippen molar-refractivity contribution in [1.82, 2.24) is 9.99 Å². The normalized spacial score (nSPS) is 10.7. The fourth-order valence-electron chi connectivity index (χ4n) is 2.47. The molecular formula is C20H19ClN4OS. The van der Waals surface area contributed by atoms with E-state index in [0.717, 1.165) is 34.3 Å². The summed E-state index contributed by atoms with van der Waals surface area (Å²) in [6, 6.07) is 19.2. The van der Waals surface area contributed by atoms with Gasteiger partial charge in [-0.3, -0.25) is 5.43 Å². The molecule has 138 valence electrons. The minimum atomic E-state index is 0.409. The van der Waals surface area contributed by atoms with Crippen molar-refractivity contribution in [2.45, 2.75) is 6.54 Å². The summed E-state index contributed by atoms with van der Waals surface area (Å²) in [7, 11) is 1.63. The van der Waals surface area contributed by atoms with Gasteiger partial charge in [0.05, 0.1) is 19.0 Å². The van der Waals surface area contributed by atoms with Gasteiger partial charge in [0, 0.05) is 23.5 Å². The van der Waals surface area contributed by atoms with E-state index in [0.29, 0.717) is 5.11 Å². The SMILES string of the molecule is COc1ccc(NC(=S)N/N=C\c2cccn2Cc2ccc(Cl)cc2)cc1. The van der Waals surface area contributed by atoms with Crippen molar-refractivity contribution in [2.75, 3.05) is 12.4 Å². The number of hydrogen-bond acceptors (Lipinski definition) is 3. The summed E-state index contributed by atoms with van der Waals surface area (Å²) >= 11 is 11.2. The third-order valence-corrected chi connectivity index (χ3v) is 4.29. The van der Waals surface area contributed by atoms with E-state index >= 15 is 0 Å². The Morgan fingerprint density at radius 3 is 2.59 bits per heavy atom. The third-order valence-electron chi connectivity index (χ3n) is 3.84. The minimum absolute atomic E-state index is 0.409. The number of nitrogens with zero attached hydrogens (tertiary/aromatic N) is 2. The monoisotopic (exact) mass is 398 g/mol. The molecule has 0 fully saturated rings. The van der Waals surface area contributed by atoms with Gasteiger partial charge in [-0.05, 0) is 66.3 Å². The number of benzene rings is 2. The molecule has 0 aliphatic rings. The molecular weight excluding hydrogens is 380 g/mol. The fourth-order valence-corrected chi connectivity index (χ4v) is 2.76. The Morgan fingerprint density at radius 2 is 1.89 bits per heavy atom. The van der Waals surface area contributed by atoms with Crippen LogP contribution >= 0.6 is 23.8 Å². The van der Waals surface area contributed by atoms with Gasteiger partial charge in [0.1, 0.15) is 5.75 Å². The molecule has 27 heavy (non-hydrogen) atoms. The highest BCUT2D eigenvalue weighted by molar-refractivity contribution is 7.80. The van der Waals surface area contributed by atoms with Crippen LogP contribution in [0.1, 0.15) is 11.3 Å². The Morgan fingerprint density at radius 1 is 1.15 bits per heavy atom. The number of hydrogen-bond donors (Lipinski definition) is 2. The molecule has 0 amide bonds. The number of nitrogens with one attached hydrogen (secondary N) is 2. The summed E-state index contributed by atoms with van der Waals surface area (Å²) in [5.74, 6) is 0.791. The lowest BCUT2D eigenvalue weighted by atomic mass is 10.2. The zero-order valence-electron chi connectivity index (χ0n) is 14.7. The highest BCUT2D eigenvalue weighted by atomic mass is 35.5. The first-order valence-electron chi connectivity index (χ1n) is 8.28. The van der Waals surface area contributed by atoms with E-state index in [4.69, 9.17) is 28.6 Å². The summed E-state index contributed by atoms with van der Waals surface area (Å²) < 4.78 is 7.22. The standard InChI is InChI=1S/C20H19ClN4OS/c1-26-19-10-8-17(9-11-19)23-20(27)24-22-13-18-3-2-12-25(18)14-15-4-6-16(21)7-5-15/h2-13H,14H2,1H3,(H2,23,24,27)/b22-13-. The van der Waals surface area contributed by atoms with Crippen LogP contribution in [0.3, 0.4) is 0 Å². The zero-order valence-corrected chi connectivity index (χ0v) is 16.3. The maximum atomic E-state index is 5.94. The maximum Gasteiger partial charge on any atom is 0.191 e. The first kappa shape index (κ1) is 18.9. The van der Waals surface area contributed by atoms with Gasteiger partial charge in [0.15, 0.2) is 5.11 Å². The molecule has 3 aromatic rings. The van der Waals surface area contributed by atoms with Gasteiger partial charge in [0.25, 0.3) is 0 Å². The van der Waals surface area contributed by atoms with Gasteiger partial charge in [-0.2, -0.15) is 5.10 Å². The first-order chi connectivity index (χ1) is 13.1. The van der Waals surface area contributed by atoms with Crippen LogP contribution in [0.15, 0.2) is 72.0 Å². The topological polar surface area (TPSA) is 50.6 Å². The second-order valence-corrected chi connectivity index (χ2v) is 6.58. The molecule has 0 saturated heterocycles. The van der Waals surface area contributed by atoms with E-state index in [2.05, 4.69) is 20.4 Å². The average molecular weight is 399 g/mol. The van der Waals surface area contributed by atoms with E-state index in [9.17, 15) is 0 Å². The molecule has 0 atom stereocenters. The Labute approximate surface area is 168 Å². The Hall–Kier alpha value is -2.83. The molecule has 0 aliphatic carbocycles. The van der Waals surface area contributed by atoms with Crippen LogP contribution in [0.4, 0.5) is 5.69 Å². The van der Waals surface area contributed by atoms with Crippen LogP contribution in [0.25, 0.3) is 0 Å². The molecule has 2 aromatic carbocycles. The van der Waals surface area contributed by atoms with Gasteiger partial charge in [0.2, 0.25) is 0 Å². The van der Waals surface area contributed by atoms with Crippen LogP contribution in [0.2, 0.25) is 5.02 Å². The number of ether oxygens (including phenoxy) is 1. The van der Waals surface area contributed by atoms with Gasteiger partial charge in [-0.1, -0.05) is 23.7 Å². The summed E-state index contributed by atoms with van der Waals surface area (Å²) in [5.41, 5.74) is 5.81. The quantitative estimate of drug-likeness (QED) is 0.364. The van der Waals surface area contributed by atoms with E-state index in [-0.39, 0.29) is 0 Å². The maximum absolute atomic E-state index is 5.94. The first-order valence-corrected chi connectivity index (χ1v) is 9.06. The Kier molecular flexibility index (Phi) is 6.46. The summed E-state index contributed by atoms with van der Waals surface area (Å²) in [4.78, 5) is 0. The van der Waals surface area contributed by atoms with Crippen molar-refractivity contribution in [2.24, 2.45) is 5.10 Å². The third kappa shape index (κ3) is 5.57. The van der Waals surface area contributed by atoms with Crippen LogP contribution in [-0.4, -0.2) is 23.0 Å². The molecule has 0 unspecified atom stereocenters. The number of hydrazone groups is 1. The Bertz CT molecular complexity index is 920. The number of methoxy groups -OCH3 is 1. The van der Waals surface area contributed by atoms with Crippen molar-refractivity contribution in [1.29, 1.82) is 0 Å². The molecule has 1 aromatic heterocycles. The van der Waals surface area contributed by atoms with Gasteiger partial charge in [-0.15, -0.1) is 0 Å². The van der Waals surface area contributed by atoms with E-state index in [1.807, 2.05) is 66.9 Å². The predicted molar refractivity (Wildman–Crippen MR) is 115 cm³/mol. The van der Waals surface area contributed by atoms with E-state index < -0.39 is 0 Å². The second-order valence-electron chi connectivity index (χ2n) is 5.74. The average Bonchev–Trinajstić information content (AvgIpc) is 3.11. The largest absolute Gasteiger partial charge is 0.497 e. The number of thiocarbonyl (C=S) groups is 1. The molecule has 1 heterocycles. The van der Waals surface area contributed by atoms with Crippen LogP contribution in [-0.2, 0) is 6.54 Å². The molecule has 7 heteroatoms. The number of rotatable bonds is 6. The lowest BCUT2D eigenvalue weighted by molar-refractivity contribution is 0.415. The fraction of sp³-hybridized carbons (Fsp3) is 0.100.